The summed E-state index contributed by atoms with van der Waals surface area (Å²) >= 11 is 0. The maximum atomic E-state index is 13.7. The van der Waals surface area contributed by atoms with Gasteiger partial charge in [0.05, 0.1) is 16.6 Å². The first kappa shape index (κ1) is 32.7. The maximum absolute atomic E-state index is 13.7. The Morgan fingerprint density at radius 3 is 2.19 bits per heavy atom. The quantitative estimate of drug-likeness (QED) is 0.278. The third-order valence-corrected chi connectivity index (χ3v) is 9.65. The molecule has 2 heterocycles. The van der Waals surface area contributed by atoms with Gasteiger partial charge in [-0.1, -0.05) is 12.1 Å². The van der Waals surface area contributed by atoms with Gasteiger partial charge in [-0.2, -0.15) is 26.3 Å². The van der Waals surface area contributed by atoms with E-state index in [0.717, 1.165) is 41.1 Å². The van der Waals surface area contributed by atoms with Crippen molar-refractivity contribution in [1.82, 2.24) is 4.90 Å². The van der Waals surface area contributed by atoms with Crippen molar-refractivity contribution >= 4 is 27.4 Å². The van der Waals surface area contributed by atoms with Gasteiger partial charge in [0.2, 0.25) is 5.91 Å². The van der Waals surface area contributed by atoms with E-state index in [1.54, 1.807) is 4.90 Å². The highest BCUT2D eigenvalue weighted by atomic mass is 32.2. The number of unbranched alkanes of at least 4 members (excludes halogenated alkanes) is 1. The lowest BCUT2D eigenvalue weighted by Gasteiger charge is -2.39. The summed E-state index contributed by atoms with van der Waals surface area (Å²) in [7, 11) is -4.57. The van der Waals surface area contributed by atoms with E-state index in [1.165, 1.54) is 0 Å². The number of hydrogen-bond donors (Lipinski definition) is 1. The van der Waals surface area contributed by atoms with Gasteiger partial charge < -0.3 is 10.0 Å². The molecule has 0 bridgehead atoms. The second-order valence-corrected chi connectivity index (χ2v) is 12.5. The molecule has 4 rings (SSSR count). The lowest BCUT2D eigenvalue weighted by Crippen LogP contribution is -2.54. The van der Waals surface area contributed by atoms with Crippen molar-refractivity contribution < 1.29 is 53.8 Å². The molecule has 0 unspecified atom stereocenters. The molecule has 0 saturated carbocycles. The fraction of sp³-hybridized carbons (Fsp3) is 0.500. The number of amides is 1. The van der Waals surface area contributed by atoms with Crippen LogP contribution in [0.1, 0.15) is 56.1 Å². The highest BCUT2D eigenvalue weighted by Crippen LogP contribution is 2.51. The summed E-state index contributed by atoms with van der Waals surface area (Å²) in [5, 5.41) is 9.86. The smallest absolute Gasteiger partial charge is 0.369 e. The lowest BCUT2D eigenvalue weighted by molar-refractivity contribution is -0.376. The van der Waals surface area contributed by atoms with Crippen LogP contribution in [0.15, 0.2) is 47.4 Å². The number of anilines is 1. The van der Waals surface area contributed by atoms with Gasteiger partial charge in [-0.15, -0.1) is 0 Å². The first-order chi connectivity index (χ1) is 20.0. The third-order valence-electron chi connectivity index (χ3n) is 7.77. The Bertz CT molecular complexity index is 1450. The van der Waals surface area contributed by atoms with Gasteiger partial charge in [-0.05, 0) is 68.0 Å². The van der Waals surface area contributed by atoms with Gasteiger partial charge in [0.1, 0.15) is 11.6 Å². The Morgan fingerprint density at radius 2 is 1.60 bits per heavy atom. The number of carbonyl (C=O) groups is 2. The summed E-state index contributed by atoms with van der Waals surface area (Å²) in [6.07, 6.45) is -10.6. The van der Waals surface area contributed by atoms with Crippen LogP contribution in [-0.2, 0) is 31.6 Å². The highest BCUT2D eigenvalue weighted by molar-refractivity contribution is 7.92. The number of benzene rings is 2. The topological polar surface area (TPSA) is 95.0 Å². The summed E-state index contributed by atoms with van der Waals surface area (Å²) < 4.78 is 123. The third kappa shape index (κ3) is 6.52. The van der Waals surface area contributed by atoms with Crippen molar-refractivity contribution in [3.63, 3.8) is 0 Å². The van der Waals surface area contributed by atoms with Gasteiger partial charge in [0.25, 0.3) is 15.6 Å². The number of Topliss-reactive ketones (excluding diaryl/α,β-unsaturated/α-hetero) is 1. The van der Waals surface area contributed by atoms with Crippen molar-refractivity contribution in [3.8, 4) is 0 Å². The Hall–Kier alpha value is -3.20. The predicted octanol–water partition coefficient (Wildman–Crippen LogP) is 5.40. The van der Waals surface area contributed by atoms with Crippen LogP contribution < -0.4 is 4.31 Å². The van der Waals surface area contributed by atoms with Crippen molar-refractivity contribution in [2.45, 2.75) is 80.3 Å². The van der Waals surface area contributed by atoms with Crippen LogP contribution in [0.3, 0.4) is 0 Å². The van der Waals surface area contributed by atoms with Gasteiger partial charge in [-0.3, -0.25) is 13.9 Å². The van der Waals surface area contributed by atoms with Crippen LogP contribution in [0.4, 0.5) is 36.4 Å². The number of nitrogens with zero attached hydrogens (tertiary/aromatic N) is 2. The zero-order chi connectivity index (χ0) is 31.8. The highest BCUT2D eigenvalue weighted by Gasteiger charge is 2.71. The van der Waals surface area contributed by atoms with Gasteiger partial charge >= 0.3 is 12.4 Å². The number of sulfonamides is 1. The van der Waals surface area contributed by atoms with E-state index in [9.17, 15) is 53.8 Å². The molecule has 1 N–H and O–H groups in total. The van der Waals surface area contributed by atoms with Crippen molar-refractivity contribution in [2.24, 2.45) is 0 Å². The number of aryl methyl sites for hydroxylation is 1. The maximum Gasteiger partial charge on any atom is 0.430 e. The van der Waals surface area contributed by atoms with Crippen molar-refractivity contribution in [1.29, 1.82) is 0 Å². The second-order valence-electron chi connectivity index (χ2n) is 10.7. The first-order valence-electron chi connectivity index (χ1n) is 13.6. The molecule has 1 atom stereocenters. The molecule has 1 amide bonds. The number of ketones is 1. The minimum atomic E-state index is -6.13. The zero-order valence-corrected chi connectivity index (χ0v) is 23.5. The first-order valence-corrected chi connectivity index (χ1v) is 15.0. The molecule has 15 heteroatoms. The Balaban J connectivity index is 1.64. The number of alkyl halides is 6. The molecule has 236 valence electrons. The van der Waals surface area contributed by atoms with Gasteiger partial charge in [0, 0.05) is 37.9 Å². The monoisotopic (exact) mass is 638 g/mol. The second kappa shape index (κ2) is 12.1. The Kier molecular flexibility index (Phi) is 9.17. The number of likely N-dealkylation sites (tertiary alicyclic amines) is 1. The van der Waals surface area contributed by atoms with Crippen LogP contribution in [0.5, 0.6) is 0 Å². The number of rotatable bonds is 10. The molecule has 1 fully saturated rings. The molecule has 7 nitrogen and oxygen atoms in total. The predicted molar refractivity (Wildman–Crippen MR) is 140 cm³/mol. The molecule has 2 aliphatic rings. The van der Waals surface area contributed by atoms with Crippen LogP contribution >= 0.6 is 0 Å². The van der Waals surface area contributed by atoms with Crippen LogP contribution in [0.2, 0.25) is 0 Å². The molecular weight excluding hydrogens is 609 g/mol. The molecule has 0 radical (unpaired) electrons. The minimum Gasteiger partial charge on any atom is -0.369 e. The zero-order valence-electron chi connectivity index (χ0n) is 22.7. The van der Waals surface area contributed by atoms with E-state index < -0.39 is 50.3 Å². The molecule has 43 heavy (non-hydrogen) atoms. The molecule has 0 aromatic heterocycles. The molecule has 2 aliphatic heterocycles. The summed E-state index contributed by atoms with van der Waals surface area (Å²) in [6.45, 7) is 1.13. The fourth-order valence-electron chi connectivity index (χ4n) is 5.51. The normalized spacial score (nSPS) is 18.2. The Morgan fingerprint density at radius 1 is 0.953 bits per heavy atom. The number of aliphatic hydroxyl groups is 1. The summed E-state index contributed by atoms with van der Waals surface area (Å²) in [5.74, 6) is -1.02. The fourth-order valence-corrected chi connectivity index (χ4v) is 7.23. The number of fused-ring (bicyclic) bond motifs is 1. The summed E-state index contributed by atoms with van der Waals surface area (Å²) in [6, 6.07) is 4.20. The average molecular weight is 639 g/mol. The van der Waals surface area contributed by atoms with Crippen LogP contribution in [-0.4, -0.2) is 61.6 Å². The van der Waals surface area contributed by atoms with E-state index in [0.29, 0.717) is 44.5 Å². The molecule has 2 aromatic rings. The molecule has 0 spiro atoms. The summed E-state index contributed by atoms with van der Waals surface area (Å²) in [5.41, 5.74) is -7.20. The van der Waals surface area contributed by atoms with Crippen LogP contribution in [0, 0.1) is 5.82 Å². The number of carbonyl (C=O) groups excluding carboxylic acids is 2. The number of halogens is 7. The van der Waals surface area contributed by atoms with E-state index >= 15 is 0 Å². The van der Waals surface area contributed by atoms with E-state index in [-0.39, 0.29) is 48.6 Å². The van der Waals surface area contributed by atoms with Crippen molar-refractivity contribution in [2.75, 3.05) is 17.4 Å². The Labute approximate surface area is 243 Å². The molecular formula is C28H29F7N2O5S. The average Bonchev–Trinajstić information content (AvgIpc) is 3.33. The van der Waals surface area contributed by atoms with E-state index in [2.05, 4.69) is 0 Å². The largest absolute Gasteiger partial charge is 0.430 e. The minimum absolute atomic E-state index is 0.0425. The number of hydrogen-bond acceptors (Lipinski definition) is 5. The van der Waals surface area contributed by atoms with Crippen molar-refractivity contribution in [3.05, 3.63) is 59.4 Å². The SMILES string of the molecule is O=C(CCCCN1CCCC1=O)C[C@@H]1CCc2cc(C(O)(C(F)(F)F)C(F)(F)F)ccc2N1S(=O)(=O)c1ccc(F)cc1. The van der Waals surface area contributed by atoms with Crippen LogP contribution in [0.25, 0.3) is 0 Å². The van der Waals surface area contributed by atoms with Gasteiger partial charge in [0.15, 0.2) is 0 Å². The molecule has 0 aliphatic carbocycles. The van der Waals surface area contributed by atoms with E-state index in [1.807, 2.05) is 0 Å². The standard InChI is InChI=1S/C28H29F7N2O5S/c29-20-8-11-23(12-9-20)43(41,42)37-21(17-22(38)4-1-2-14-36-15-3-5-25(36)39)10-6-18-16-19(7-13-24(18)37)26(40,27(30,31)32)28(33,34)35/h7-9,11-13,16,21,40H,1-6,10,14-15,17H2/t21-/m0/s1. The summed E-state index contributed by atoms with van der Waals surface area (Å²) in [4.78, 5) is 26.0. The molecule has 2 aromatic carbocycles. The van der Waals surface area contributed by atoms with E-state index in [4.69, 9.17) is 0 Å². The lowest BCUT2D eigenvalue weighted by atomic mass is 9.87. The molecule has 1 saturated heterocycles. The van der Waals surface area contributed by atoms with Gasteiger partial charge in [-0.25, -0.2) is 12.8 Å².